The molecule has 0 aliphatic carbocycles. The highest BCUT2D eigenvalue weighted by Crippen LogP contribution is 2.24. The molecular weight excluding hydrogens is 356 g/mol. The van der Waals surface area contributed by atoms with Gasteiger partial charge < -0.3 is 15.0 Å². The third-order valence-electron chi connectivity index (χ3n) is 4.97. The van der Waals surface area contributed by atoms with Crippen LogP contribution in [0.4, 0.5) is 11.6 Å². The van der Waals surface area contributed by atoms with Gasteiger partial charge in [-0.25, -0.2) is 14.8 Å². The summed E-state index contributed by atoms with van der Waals surface area (Å²) in [7, 11) is 1.32. The van der Waals surface area contributed by atoms with Crippen LogP contribution in [-0.2, 0) is 4.74 Å². The summed E-state index contributed by atoms with van der Waals surface area (Å²) in [5, 5.41) is 2.80. The number of ether oxygens (including phenoxy) is 1. The zero-order chi connectivity index (χ0) is 20.1. The summed E-state index contributed by atoms with van der Waals surface area (Å²) in [6.45, 7) is 4.94. The van der Waals surface area contributed by atoms with E-state index < -0.39 is 5.97 Å². The summed E-state index contributed by atoms with van der Waals surface area (Å²) in [5.74, 6) is -0.175. The second-order valence-electron chi connectivity index (χ2n) is 6.97. The van der Waals surface area contributed by atoms with E-state index in [1.54, 1.807) is 30.3 Å². The Balaban J connectivity index is 1.82. The molecular formula is C21H26N4O3. The summed E-state index contributed by atoms with van der Waals surface area (Å²) in [6, 6.07) is 8.71. The van der Waals surface area contributed by atoms with Crippen LogP contribution in [0.1, 0.15) is 59.1 Å². The fourth-order valence-corrected chi connectivity index (χ4v) is 3.52. The molecule has 1 aliphatic rings. The standard InChI is InChI=1S/C21H26N4O3/c1-4-17-10-5-6-11-25(17)21-22-14(2)12-18(24-21)19(26)23-16-9-7-8-15(13-16)20(27)28-3/h7-9,12-13,17H,4-6,10-11H2,1-3H3,(H,23,26). The van der Waals surface area contributed by atoms with Gasteiger partial charge in [-0.3, -0.25) is 4.79 Å². The quantitative estimate of drug-likeness (QED) is 0.796. The number of nitrogens with one attached hydrogen (secondary N) is 1. The number of rotatable bonds is 5. The van der Waals surface area contributed by atoms with Gasteiger partial charge in [-0.05, 0) is 56.9 Å². The molecule has 1 aromatic carbocycles. The lowest BCUT2D eigenvalue weighted by Crippen LogP contribution is -2.40. The highest BCUT2D eigenvalue weighted by Gasteiger charge is 2.24. The molecule has 148 valence electrons. The van der Waals surface area contributed by atoms with Crippen molar-refractivity contribution in [2.75, 3.05) is 23.9 Å². The van der Waals surface area contributed by atoms with Crippen LogP contribution in [-0.4, -0.2) is 41.5 Å². The molecule has 7 heteroatoms. The van der Waals surface area contributed by atoms with E-state index >= 15 is 0 Å². The summed E-state index contributed by atoms with van der Waals surface area (Å²) < 4.78 is 4.72. The van der Waals surface area contributed by atoms with Crippen molar-refractivity contribution in [3.63, 3.8) is 0 Å². The minimum atomic E-state index is -0.452. The van der Waals surface area contributed by atoms with E-state index in [0.717, 1.165) is 31.5 Å². The van der Waals surface area contributed by atoms with Gasteiger partial charge in [0.2, 0.25) is 5.95 Å². The first-order valence-electron chi connectivity index (χ1n) is 9.64. The Morgan fingerprint density at radius 2 is 2.07 bits per heavy atom. The minimum Gasteiger partial charge on any atom is -0.465 e. The molecule has 2 heterocycles. The third kappa shape index (κ3) is 4.47. The lowest BCUT2D eigenvalue weighted by molar-refractivity contribution is 0.0600. The number of esters is 1. The van der Waals surface area contributed by atoms with Gasteiger partial charge in [0.15, 0.2) is 0 Å². The van der Waals surface area contributed by atoms with E-state index in [-0.39, 0.29) is 5.91 Å². The van der Waals surface area contributed by atoms with Gasteiger partial charge in [0, 0.05) is 24.0 Å². The SMILES string of the molecule is CCC1CCCCN1c1nc(C)cc(C(=O)Nc2cccc(C(=O)OC)c2)n1. The fraction of sp³-hybridized carbons (Fsp3) is 0.429. The maximum absolute atomic E-state index is 12.8. The normalized spacial score (nSPS) is 16.5. The maximum Gasteiger partial charge on any atom is 0.337 e. The van der Waals surface area contributed by atoms with Crippen LogP contribution in [0.2, 0.25) is 0 Å². The topological polar surface area (TPSA) is 84.4 Å². The number of methoxy groups -OCH3 is 1. The minimum absolute atomic E-state index is 0.311. The van der Waals surface area contributed by atoms with Crippen molar-refractivity contribution < 1.29 is 14.3 Å². The summed E-state index contributed by atoms with van der Waals surface area (Å²) in [4.78, 5) is 35.8. The zero-order valence-electron chi connectivity index (χ0n) is 16.6. The number of carbonyl (C=O) groups excluding carboxylic acids is 2. The van der Waals surface area contributed by atoms with E-state index in [4.69, 9.17) is 4.74 Å². The van der Waals surface area contributed by atoms with E-state index in [2.05, 4.69) is 27.1 Å². The highest BCUT2D eigenvalue weighted by atomic mass is 16.5. The molecule has 1 atom stereocenters. The van der Waals surface area contributed by atoms with Crippen LogP contribution < -0.4 is 10.2 Å². The Hall–Kier alpha value is -2.96. The molecule has 1 aromatic heterocycles. The highest BCUT2D eigenvalue weighted by molar-refractivity contribution is 6.03. The molecule has 1 saturated heterocycles. The van der Waals surface area contributed by atoms with Gasteiger partial charge in [0.1, 0.15) is 5.69 Å². The number of carbonyl (C=O) groups is 2. The zero-order valence-corrected chi connectivity index (χ0v) is 16.6. The predicted octanol–water partition coefficient (Wildman–Crippen LogP) is 3.59. The number of hydrogen-bond acceptors (Lipinski definition) is 6. The van der Waals surface area contributed by atoms with Crippen LogP contribution in [0.5, 0.6) is 0 Å². The summed E-state index contributed by atoms with van der Waals surface area (Å²) in [5.41, 5.74) is 1.94. The smallest absolute Gasteiger partial charge is 0.337 e. The molecule has 1 unspecified atom stereocenters. The molecule has 28 heavy (non-hydrogen) atoms. The van der Waals surface area contributed by atoms with Crippen molar-refractivity contribution in [2.24, 2.45) is 0 Å². The first-order valence-corrected chi connectivity index (χ1v) is 9.64. The number of anilines is 2. The van der Waals surface area contributed by atoms with Gasteiger partial charge >= 0.3 is 5.97 Å². The number of hydrogen-bond donors (Lipinski definition) is 1. The van der Waals surface area contributed by atoms with Crippen LogP contribution in [0.25, 0.3) is 0 Å². The summed E-state index contributed by atoms with van der Waals surface area (Å²) in [6.07, 6.45) is 4.47. The number of amides is 1. The van der Waals surface area contributed by atoms with Crippen LogP contribution in [0.3, 0.4) is 0 Å². The van der Waals surface area contributed by atoms with Crippen molar-refractivity contribution in [1.29, 1.82) is 0 Å². The van der Waals surface area contributed by atoms with Crippen LogP contribution in [0, 0.1) is 6.92 Å². The van der Waals surface area contributed by atoms with Crippen molar-refractivity contribution in [1.82, 2.24) is 9.97 Å². The average molecular weight is 382 g/mol. The molecule has 1 fully saturated rings. The number of piperidine rings is 1. The van der Waals surface area contributed by atoms with Crippen LogP contribution >= 0.6 is 0 Å². The Bertz CT molecular complexity index is 868. The summed E-state index contributed by atoms with van der Waals surface area (Å²) >= 11 is 0. The van der Waals surface area contributed by atoms with Gasteiger partial charge in [0.05, 0.1) is 12.7 Å². The molecule has 1 aliphatic heterocycles. The number of nitrogens with zero attached hydrogens (tertiary/aromatic N) is 3. The molecule has 7 nitrogen and oxygen atoms in total. The molecule has 3 rings (SSSR count). The number of aromatic nitrogens is 2. The maximum atomic E-state index is 12.8. The largest absolute Gasteiger partial charge is 0.465 e. The first-order chi connectivity index (χ1) is 13.5. The van der Waals surface area contributed by atoms with Crippen molar-refractivity contribution in [2.45, 2.75) is 45.6 Å². The Kier molecular flexibility index (Phi) is 6.23. The van der Waals surface area contributed by atoms with Crippen molar-refractivity contribution in [3.8, 4) is 0 Å². The van der Waals surface area contributed by atoms with Gasteiger partial charge in [-0.1, -0.05) is 13.0 Å². The van der Waals surface area contributed by atoms with Gasteiger partial charge in [0.25, 0.3) is 5.91 Å². The Morgan fingerprint density at radius 1 is 1.25 bits per heavy atom. The Labute approximate surface area is 165 Å². The molecule has 2 aromatic rings. The molecule has 1 N–H and O–H groups in total. The number of aryl methyl sites for hydroxylation is 1. The third-order valence-corrected chi connectivity index (χ3v) is 4.97. The predicted molar refractivity (Wildman–Crippen MR) is 108 cm³/mol. The van der Waals surface area contributed by atoms with Crippen molar-refractivity contribution in [3.05, 3.63) is 47.3 Å². The van der Waals surface area contributed by atoms with E-state index in [9.17, 15) is 9.59 Å². The van der Waals surface area contributed by atoms with E-state index in [1.807, 2.05) is 6.92 Å². The molecule has 1 amide bonds. The lowest BCUT2D eigenvalue weighted by Gasteiger charge is -2.35. The lowest BCUT2D eigenvalue weighted by atomic mass is 10.0. The van der Waals surface area contributed by atoms with Gasteiger partial charge in [-0.15, -0.1) is 0 Å². The van der Waals surface area contributed by atoms with Crippen LogP contribution in [0.15, 0.2) is 30.3 Å². The second-order valence-corrected chi connectivity index (χ2v) is 6.97. The van der Waals surface area contributed by atoms with E-state index in [1.165, 1.54) is 13.5 Å². The Morgan fingerprint density at radius 3 is 2.82 bits per heavy atom. The first kappa shape index (κ1) is 19.8. The number of benzene rings is 1. The monoisotopic (exact) mass is 382 g/mol. The molecule has 0 spiro atoms. The van der Waals surface area contributed by atoms with E-state index in [0.29, 0.717) is 28.9 Å². The fourth-order valence-electron chi connectivity index (χ4n) is 3.52. The molecule has 0 bridgehead atoms. The molecule has 0 saturated carbocycles. The van der Waals surface area contributed by atoms with Crippen molar-refractivity contribution >= 4 is 23.5 Å². The van der Waals surface area contributed by atoms with Gasteiger partial charge in [-0.2, -0.15) is 0 Å². The second kappa shape index (κ2) is 8.82. The molecule has 0 radical (unpaired) electrons. The average Bonchev–Trinajstić information content (AvgIpc) is 2.72.